The highest BCUT2D eigenvalue weighted by molar-refractivity contribution is 5.85. The minimum atomic E-state index is -0.485. The number of piperazine rings is 1. The Morgan fingerprint density at radius 3 is 2.45 bits per heavy atom. The molecule has 1 atom stereocenters. The topological polar surface area (TPSA) is 35.5 Å². The van der Waals surface area contributed by atoms with Gasteiger partial charge in [-0.15, -0.1) is 24.8 Å². The lowest BCUT2D eigenvalue weighted by Gasteiger charge is -2.35. The van der Waals surface area contributed by atoms with Crippen molar-refractivity contribution in [1.82, 2.24) is 10.2 Å². The molecule has 0 bridgehead atoms. The Balaban J connectivity index is 0.00000180. The van der Waals surface area contributed by atoms with Gasteiger partial charge in [0.1, 0.15) is 0 Å². The highest BCUT2D eigenvalue weighted by atomic mass is 35.5. The summed E-state index contributed by atoms with van der Waals surface area (Å²) in [6.45, 7) is 7.52. The lowest BCUT2D eigenvalue weighted by Crippen LogP contribution is -2.45. The van der Waals surface area contributed by atoms with Crippen LogP contribution in [-0.2, 0) is 0 Å². The van der Waals surface area contributed by atoms with E-state index in [2.05, 4.69) is 17.1 Å². The van der Waals surface area contributed by atoms with Crippen molar-refractivity contribution < 1.29 is 9.50 Å². The van der Waals surface area contributed by atoms with Crippen molar-refractivity contribution >= 4 is 24.8 Å². The lowest BCUT2D eigenvalue weighted by molar-refractivity contribution is 0.166. The van der Waals surface area contributed by atoms with Crippen molar-refractivity contribution in [3.63, 3.8) is 0 Å². The molecule has 0 amide bonds. The van der Waals surface area contributed by atoms with Crippen LogP contribution in [0.15, 0.2) is 12.1 Å². The highest BCUT2D eigenvalue weighted by Gasteiger charge is 2.24. The zero-order valence-electron chi connectivity index (χ0n) is 11.9. The van der Waals surface area contributed by atoms with Gasteiger partial charge >= 0.3 is 0 Å². The molecule has 0 saturated carbocycles. The Labute approximate surface area is 132 Å². The van der Waals surface area contributed by atoms with E-state index in [0.29, 0.717) is 11.1 Å². The van der Waals surface area contributed by atoms with Crippen LogP contribution in [0, 0.1) is 12.7 Å². The molecule has 1 aliphatic heterocycles. The van der Waals surface area contributed by atoms with Crippen molar-refractivity contribution in [3.05, 3.63) is 29.1 Å². The first-order valence-corrected chi connectivity index (χ1v) is 6.58. The largest absolute Gasteiger partial charge is 0.505 e. The van der Waals surface area contributed by atoms with Gasteiger partial charge in [0.15, 0.2) is 11.6 Å². The van der Waals surface area contributed by atoms with Crippen LogP contribution in [0.3, 0.4) is 0 Å². The number of aromatic hydroxyl groups is 1. The van der Waals surface area contributed by atoms with E-state index in [9.17, 15) is 9.50 Å². The molecule has 1 aromatic carbocycles. The molecule has 0 spiro atoms. The van der Waals surface area contributed by atoms with Crippen molar-refractivity contribution in [3.8, 4) is 5.75 Å². The van der Waals surface area contributed by atoms with Gasteiger partial charge in [-0.2, -0.15) is 0 Å². The molecule has 0 unspecified atom stereocenters. The summed E-state index contributed by atoms with van der Waals surface area (Å²) in [5.41, 5.74) is 1.20. The van der Waals surface area contributed by atoms with Crippen LogP contribution in [0.25, 0.3) is 0 Å². The van der Waals surface area contributed by atoms with Gasteiger partial charge in [-0.25, -0.2) is 4.39 Å². The van der Waals surface area contributed by atoms with Gasteiger partial charge in [-0.05, 0) is 18.9 Å². The molecule has 0 radical (unpaired) electrons. The van der Waals surface area contributed by atoms with E-state index in [1.165, 1.54) is 0 Å². The average Bonchev–Trinajstić information content (AvgIpc) is 2.41. The van der Waals surface area contributed by atoms with Crippen molar-refractivity contribution in [2.24, 2.45) is 0 Å². The molecule has 1 heterocycles. The van der Waals surface area contributed by atoms with Crippen LogP contribution in [0.4, 0.5) is 4.39 Å². The number of nitrogens with one attached hydrogen (secondary N) is 1. The monoisotopic (exact) mass is 324 g/mol. The van der Waals surface area contributed by atoms with E-state index >= 15 is 0 Å². The first kappa shape index (κ1) is 19.4. The summed E-state index contributed by atoms with van der Waals surface area (Å²) in [5, 5.41) is 13.3. The van der Waals surface area contributed by atoms with Crippen LogP contribution >= 0.6 is 24.8 Å². The lowest BCUT2D eigenvalue weighted by atomic mass is 9.99. The maximum absolute atomic E-state index is 13.8. The standard InChI is InChI=1S/C14H21FN2O.2ClH/c1-3-12(17-8-6-16-7-9-17)11-5-4-10(2)13(15)14(11)18;;/h4-5,12,16,18H,3,6-9H2,1-2H3;2*1H/t12-;;/m1../s1. The number of nitrogens with zero attached hydrogens (tertiary/aromatic N) is 1. The van der Waals surface area contributed by atoms with Crippen molar-refractivity contribution in [1.29, 1.82) is 0 Å². The summed E-state index contributed by atoms with van der Waals surface area (Å²) < 4.78 is 13.8. The summed E-state index contributed by atoms with van der Waals surface area (Å²) in [7, 11) is 0. The molecule has 116 valence electrons. The normalized spacial score (nSPS) is 16.9. The fourth-order valence-electron chi connectivity index (χ4n) is 2.62. The molecule has 2 N–H and O–H groups in total. The molecule has 20 heavy (non-hydrogen) atoms. The van der Waals surface area contributed by atoms with Crippen molar-refractivity contribution in [2.75, 3.05) is 26.2 Å². The molecule has 2 rings (SSSR count). The highest BCUT2D eigenvalue weighted by Crippen LogP contribution is 2.34. The Bertz CT molecular complexity index is 426. The van der Waals surface area contributed by atoms with E-state index in [1.807, 2.05) is 6.07 Å². The Hall–Kier alpha value is -0.550. The maximum Gasteiger partial charge on any atom is 0.168 e. The van der Waals surface area contributed by atoms with Crippen LogP contribution < -0.4 is 5.32 Å². The zero-order chi connectivity index (χ0) is 13.1. The second-order valence-electron chi connectivity index (χ2n) is 4.84. The number of rotatable bonds is 3. The molecular weight excluding hydrogens is 302 g/mol. The fourth-order valence-corrected chi connectivity index (χ4v) is 2.62. The van der Waals surface area contributed by atoms with E-state index in [1.54, 1.807) is 13.0 Å². The summed E-state index contributed by atoms with van der Waals surface area (Å²) in [6, 6.07) is 3.70. The van der Waals surface area contributed by atoms with Gasteiger partial charge in [0.05, 0.1) is 0 Å². The smallest absolute Gasteiger partial charge is 0.168 e. The minimum absolute atomic E-state index is 0. The van der Waals surface area contributed by atoms with Crippen LogP contribution in [0.1, 0.15) is 30.5 Å². The third-order valence-electron chi connectivity index (χ3n) is 3.68. The molecule has 1 fully saturated rings. The minimum Gasteiger partial charge on any atom is -0.505 e. The first-order valence-electron chi connectivity index (χ1n) is 6.58. The van der Waals surface area contributed by atoms with Crippen LogP contribution in [-0.4, -0.2) is 36.2 Å². The second kappa shape index (κ2) is 8.67. The Morgan fingerprint density at radius 1 is 1.30 bits per heavy atom. The number of benzene rings is 1. The number of halogens is 3. The first-order chi connectivity index (χ1) is 8.65. The van der Waals surface area contributed by atoms with E-state index in [-0.39, 0.29) is 36.6 Å². The molecule has 1 aliphatic rings. The summed E-state index contributed by atoms with van der Waals surface area (Å²) in [5.74, 6) is -0.665. The SMILES string of the molecule is CC[C@H](c1ccc(C)c(F)c1O)N1CCNCC1.Cl.Cl. The van der Waals surface area contributed by atoms with Gasteiger partial charge in [0, 0.05) is 37.8 Å². The zero-order valence-corrected chi connectivity index (χ0v) is 13.5. The Morgan fingerprint density at radius 2 is 1.90 bits per heavy atom. The third-order valence-corrected chi connectivity index (χ3v) is 3.68. The summed E-state index contributed by atoms with van der Waals surface area (Å²) in [6.07, 6.45) is 0.871. The van der Waals surface area contributed by atoms with E-state index in [0.717, 1.165) is 32.6 Å². The molecule has 1 aromatic rings. The number of phenols is 1. The molecule has 3 nitrogen and oxygen atoms in total. The predicted molar refractivity (Wildman–Crippen MR) is 84.8 cm³/mol. The number of phenolic OH excluding ortho intramolecular Hbond substituents is 1. The third kappa shape index (κ3) is 3.98. The molecule has 0 aromatic heterocycles. The van der Waals surface area contributed by atoms with Crippen molar-refractivity contribution in [2.45, 2.75) is 26.3 Å². The number of hydrogen-bond donors (Lipinski definition) is 2. The molecule has 6 heteroatoms. The summed E-state index contributed by atoms with van der Waals surface area (Å²) >= 11 is 0. The van der Waals surface area contributed by atoms with Gasteiger partial charge in [-0.3, -0.25) is 4.90 Å². The Kier molecular flexibility index (Phi) is 8.44. The average molecular weight is 325 g/mol. The van der Waals surface area contributed by atoms with E-state index in [4.69, 9.17) is 0 Å². The maximum atomic E-state index is 13.8. The van der Waals surface area contributed by atoms with E-state index < -0.39 is 5.82 Å². The fraction of sp³-hybridized carbons (Fsp3) is 0.571. The quantitative estimate of drug-likeness (QED) is 0.897. The van der Waals surface area contributed by atoms with Gasteiger partial charge in [-0.1, -0.05) is 19.1 Å². The molecular formula is C14H23Cl2FN2O. The number of hydrogen-bond acceptors (Lipinski definition) is 3. The summed E-state index contributed by atoms with van der Waals surface area (Å²) in [4.78, 5) is 2.31. The second-order valence-corrected chi connectivity index (χ2v) is 4.84. The van der Waals surface area contributed by atoms with Crippen LogP contribution in [0.5, 0.6) is 5.75 Å². The molecule has 0 aliphatic carbocycles. The van der Waals surface area contributed by atoms with Gasteiger partial charge in [0.2, 0.25) is 0 Å². The molecule has 1 saturated heterocycles. The van der Waals surface area contributed by atoms with Crippen LogP contribution in [0.2, 0.25) is 0 Å². The van der Waals surface area contributed by atoms with Gasteiger partial charge in [0.25, 0.3) is 0 Å². The predicted octanol–water partition coefficient (Wildman–Crippen LogP) is 3.04. The number of aryl methyl sites for hydroxylation is 1. The van der Waals surface area contributed by atoms with Gasteiger partial charge < -0.3 is 10.4 Å².